The zero-order valence-electron chi connectivity index (χ0n) is 10.7. The maximum atomic E-state index is 10.2. The van der Waals surface area contributed by atoms with Crippen molar-refractivity contribution in [3.8, 4) is 0 Å². The van der Waals surface area contributed by atoms with Gasteiger partial charge in [-0.3, -0.25) is 4.98 Å². The van der Waals surface area contributed by atoms with Crippen LogP contribution < -0.4 is 0 Å². The van der Waals surface area contributed by atoms with Crippen molar-refractivity contribution in [1.29, 1.82) is 0 Å². The number of hydrogen-bond donors (Lipinski definition) is 1. The van der Waals surface area contributed by atoms with Crippen LogP contribution in [-0.4, -0.2) is 23.3 Å². The highest BCUT2D eigenvalue weighted by molar-refractivity contribution is 5.82. The summed E-state index contributed by atoms with van der Waals surface area (Å²) in [5.41, 5.74) is 1.89. The first kappa shape index (κ1) is 13.0. The number of ether oxygens (including phenoxy) is 1. The standard InChI is InChI=1S/C15H19NO2/c1-2-18-11-5-9-15(17)13-6-3-8-14-12(13)7-4-10-16-14/h3-4,6-8,10,15,17H,2,5,9,11H2,1H3. The molecule has 0 amide bonds. The summed E-state index contributed by atoms with van der Waals surface area (Å²) in [6.07, 6.45) is 2.91. The second-order valence-electron chi connectivity index (χ2n) is 4.27. The van der Waals surface area contributed by atoms with Gasteiger partial charge in [0, 0.05) is 24.8 Å². The van der Waals surface area contributed by atoms with Crippen LogP contribution in [0.25, 0.3) is 10.9 Å². The molecule has 3 heteroatoms. The molecular weight excluding hydrogens is 226 g/mol. The minimum Gasteiger partial charge on any atom is -0.388 e. The molecule has 2 aromatic rings. The van der Waals surface area contributed by atoms with Crippen molar-refractivity contribution < 1.29 is 9.84 Å². The van der Waals surface area contributed by atoms with Crippen LogP contribution >= 0.6 is 0 Å². The summed E-state index contributed by atoms with van der Waals surface area (Å²) in [5, 5.41) is 11.3. The summed E-state index contributed by atoms with van der Waals surface area (Å²) >= 11 is 0. The summed E-state index contributed by atoms with van der Waals surface area (Å²) in [7, 11) is 0. The summed E-state index contributed by atoms with van der Waals surface area (Å²) in [6.45, 7) is 3.41. The molecule has 0 fully saturated rings. The van der Waals surface area contributed by atoms with Crippen molar-refractivity contribution in [2.45, 2.75) is 25.9 Å². The Bertz CT molecular complexity index is 493. The smallest absolute Gasteiger partial charge is 0.0797 e. The molecule has 0 saturated heterocycles. The lowest BCUT2D eigenvalue weighted by atomic mass is 10.0. The van der Waals surface area contributed by atoms with E-state index in [9.17, 15) is 5.11 Å². The average Bonchev–Trinajstić information content (AvgIpc) is 2.43. The van der Waals surface area contributed by atoms with E-state index in [1.54, 1.807) is 6.20 Å². The number of pyridine rings is 1. The van der Waals surface area contributed by atoms with Gasteiger partial charge in [-0.05, 0) is 37.5 Å². The number of rotatable bonds is 6. The van der Waals surface area contributed by atoms with Gasteiger partial charge in [-0.25, -0.2) is 0 Å². The highest BCUT2D eigenvalue weighted by Crippen LogP contribution is 2.25. The van der Waals surface area contributed by atoms with E-state index in [0.717, 1.165) is 29.5 Å². The van der Waals surface area contributed by atoms with Crippen LogP contribution in [0.15, 0.2) is 36.5 Å². The molecule has 0 saturated carbocycles. The highest BCUT2D eigenvalue weighted by atomic mass is 16.5. The lowest BCUT2D eigenvalue weighted by Crippen LogP contribution is -2.02. The fraction of sp³-hybridized carbons (Fsp3) is 0.400. The summed E-state index contributed by atoms with van der Waals surface area (Å²) in [4.78, 5) is 4.30. The van der Waals surface area contributed by atoms with E-state index in [4.69, 9.17) is 4.74 Å². The third kappa shape index (κ3) is 3.06. The van der Waals surface area contributed by atoms with E-state index in [0.29, 0.717) is 13.0 Å². The van der Waals surface area contributed by atoms with Crippen LogP contribution in [0.5, 0.6) is 0 Å². The Morgan fingerprint density at radius 3 is 3.00 bits per heavy atom. The van der Waals surface area contributed by atoms with Crippen molar-refractivity contribution >= 4 is 10.9 Å². The minimum atomic E-state index is -0.446. The number of aromatic nitrogens is 1. The minimum absolute atomic E-state index is 0.446. The van der Waals surface area contributed by atoms with Gasteiger partial charge in [0.25, 0.3) is 0 Å². The summed E-state index contributed by atoms with van der Waals surface area (Å²) in [6, 6.07) is 9.78. The predicted molar refractivity (Wildman–Crippen MR) is 72.4 cm³/mol. The van der Waals surface area contributed by atoms with E-state index in [1.165, 1.54) is 0 Å². The number of benzene rings is 1. The largest absolute Gasteiger partial charge is 0.388 e. The zero-order chi connectivity index (χ0) is 12.8. The van der Waals surface area contributed by atoms with Gasteiger partial charge >= 0.3 is 0 Å². The second-order valence-corrected chi connectivity index (χ2v) is 4.27. The molecule has 1 aromatic carbocycles. The summed E-state index contributed by atoms with van der Waals surface area (Å²) < 4.78 is 5.28. The first-order valence-electron chi connectivity index (χ1n) is 6.42. The molecule has 0 spiro atoms. The van der Waals surface area contributed by atoms with Gasteiger partial charge in [0.1, 0.15) is 0 Å². The Labute approximate surface area is 107 Å². The molecule has 1 unspecified atom stereocenters. The Balaban J connectivity index is 2.10. The molecule has 0 aliphatic heterocycles. The number of aliphatic hydroxyl groups is 1. The molecule has 3 nitrogen and oxygen atoms in total. The third-order valence-corrected chi connectivity index (χ3v) is 3.01. The monoisotopic (exact) mass is 245 g/mol. The van der Waals surface area contributed by atoms with Gasteiger partial charge in [-0.15, -0.1) is 0 Å². The van der Waals surface area contributed by atoms with Crippen LogP contribution in [0.4, 0.5) is 0 Å². The molecule has 2 rings (SSSR count). The van der Waals surface area contributed by atoms with Gasteiger partial charge in [0.2, 0.25) is 0 Å². The number of hydrogen-bond acceptors (Lipinski definition) is 3. The molecule has 0 aliphatic rings. The van der Waals surface area contributed by atoms with E-state index < -0.39 is 6.10 Å². The number of fused-ring (bicyclic) bond motifs is 1. The normalized spacial score (nSPS) is 12.8. The van der Waals surface area contributed by atoms with Gasteiger partial charge in [0.05, 0.1) is 11.6 Å². The lowest BCUT2D eigenvalue weighted by molar-refractivity contribution is 0.115. The van der Waals surface area contributed by atoms with Gasteiger partial charge < -0.3 is 9.84 Å². The van der Waals surface area contributed by atoms with E-state index in [-0.39, 0.29) is 0 Å². The van der Waals surface area contributed by atoms with Crippen LogP contribution in [-0.2, 0) is 4.74 Å². The Morgan fingerprint density at radius 1 is 1.28 bits per heavy atom. The van der Waals surface area contributed by atoms with E-state index in [1.807, 2.05) is 37.3 Å². The molecule has 1 aromatic heterocycles. The topological polar surface area (TPSA) is 42.4 Å². The molecule has 0 radical (unpaired) electrons. The van der Waals surface area contributed by atoms with E-state index >= 15 is 0 Å². The van der Waals surface area contributed by atoms with Gasteiger partial charge in [-0.1, -0.05) is 18.2 Å². The molecule has 96 valence electrons. The number of nitrogens with zero attached hydrogens (tertiary/aromatic N) is 1. The van der Waals surface area contributed by atoms with Crippen LogP contribution in [0.1, 0.15) is 31.4 Å². The third-order valence-electron chi connectivity index (χ3n) is 3.01. The predicted octanol–water partition coefficient (Wildman–Crippen LogP) is 3.08. The second kappa shape index (κ2) is 6.47. The molecule has 1 heterocycles. The van der Waals surface area contributed by atoms with Gasteiger partial charge in [0.15, 0.2) is 0 Å². The fourth-order valence-electron chi connectivity index (χ4n) is 2.10. The maximum absolute atomic E-state index is 10.2. The van der Waals surface area contributed by atoms with Crippen LogP contribution in [0.2, 0.25) is 0 Å². The Kier molecular flexibility index (Phi) is 4.67. The highest BCUT2D eigenvalue weighted by Gasteiger charge is 2.10. The van der Waals surface area contributed by atoms with E-state index in [2.05, 4.69) is 4.98 Å². The quantitative estimate of drug-likeness (QED) is 0.795. The van der Waals surface area contributed by atoms with Crippen LogP contribution in [0.3, 0.4) is 0 Å². The first-order valence-corrected chi connectivity index (χ1v) is 6.42. The molecule has 0 aliphatic carbocycles. The molecule has 1 atom stereocenters. The van der Waals surface area contributed by atoms with Crippen molar-refractivity contribution in [3.05, 3.63) is 42.1 Å². The fourth-order valence-corrected chi connectivity index (χ4v) is 2.10. The summed E-state index contributed by atoms with van der Waals surface area (Å²) in [5.74, 6) is 0. The van der Waals surface area contributed by atoms with Crippen molar-refractivity contribution in [2.75, 3.05) is 13.2 Å². The van der Waals surface area contributed by atoms with Crippen molar-refractivity contribution in [3.63, 3.8) is 0 Å². The lowest BCUT2D eigenvalue weighted by Gasteiger charge is -2.13. The first-order chi connectivity index (χ1) is 8.83. The average molecular weight is 245 g/mol. The van der Waals surface area contributed by atoms with Gasteiger partial charge in [-0.2, -0.15) is 0 Å². The Morgan fingerprint density at radius 2 is 2.17 bits per heavy atom. The zero-order valence-corrected chi connectivity index (χ0v) is 10.7. The van der Waals surface area contributed by atoms with Crippen molar-refractivity contribution in [2.24, 2.45) is 0 Å². The van der Waals surface area contributed by atoms with Crippen molar-refractivity contribution in [1.82, 2.24) is 4.98 Å². The van der Waals surface area contributed by atoms with Crippen LogP contribution in [0, 0.1) is 0 Å². The number of aliphatic hydroxyl groups excluding tert-OH is 1. The maximum Gasteiger partial charge on any atom is 0.0797 e. The molecular formula is C15H19NO2. The molecule has 1 N–H and O–H groups in total. The molecule has 0 bridgehead atoms. The molecule has 18 heavy (non-hydrogen) atoms. The Hall–Kier alpha value is -1.45. The SMILES string of the molecule is CCOCCCC(O)c1cccc2ncccc12.